The summed E-state index contributed by atoms with van der Waals surface area (Å²) in [5.74, 6) is -16.1. The van der Waals surface area contributed by atoms with Crippen LogP contribution in [0.4, 0.5) is 27.6 Å². The molecule has 184 valence electrons. The fraction of sp³-hybridized carbons (Fsp3) is 0.250. The normalized spacial score (nSPS) is 26.1. The Hall–Kier alpha value is -2.91. The SMILES string of the molecule is C=CC1=CC[C@@]2(Cl)C(=O)N(c3c(F)c(F)c(F)c(F)c3F)C(=O)[C@@]2(Cl)[C@H]1c1cc(C)c(O)c(C)c1. The number of carbonyl (C=O) groups is 2. The fourth-order valence-electron chi connectivity index (χ4n) is 4.72. The smallest absolute Gasteiger partial charge is 0.258 e. The second-order valence-electron chi connectivity index (χ2n) is 8.43. The highest BCUT2D eigenvalue weighted by Gasteiger charge is 2.73. The van der Waals surface area contributed by atoms with Gasteiger partial charge in [0.25, 0.3) is 11.8 Å². The molecule has 0 saturated carbocycles. The van der Waals surface area contributed by atoms with Gasteiger partial charge < -0.3 is 5.11 Å². The molecule has 35 heavy (non-hydrogen) atoms. The number of aromatic hydroxyl groups is 1. The van der Waals surface area contributed by atoms with E-state index in [1.807, 2.05) is 0 Å². The highest BCUT2D eigenvalue weighted by atomic mass is 35.5. The van der Waals surface area contributed by atoms with E-state index in [4.69, 9.17) is 23.2 Å². The van der Waals surface area contributed by atoms with Crippen LogP contribution < -0.4 is 4.90 Å². The summed E-state index contributed by atoms with van der Waals surface area (Å²) < 4.78 is 70.7. The minimum Gasteiger partial charge on any atom is -0.507 e. The van der Waals surface area contributed by atoms with Crippen molar-refractivity contribution in [3.05, 3.63) is 82.2 Å². The third-order valence-corrected chi connectivity index (χ3v) is 7.89. The minimum atomic E-state index is -2.45. The number of nitrogens with zero attached hydrogens (tertiary/aromatic N) is 1. The zero-order valence-corrected chi connectivity index (χ0v) is 19.7. The number of fused-ring (bicyclic) bond motifs is 1. The number of halogens is 7. The summed E-state index contributed by atoms with van der Waals surface area (Å²) in [6.07, 6.45) is 2.40. The number of hydrogen-bond acceptors (Lipinski definition) is 3. The van der Waals surface area contributed by atoms with Crippen molar-refractivity contribution in [2.75, 3.05) is 4.90 Å². The molecule has 3 atom stereocenters. The molecule has 1 heterocycles. The first-order chi connectivity index (χ1) is 16.2. The van der Waals surface area contributed by atoms with Crippen LogP contribution in [0.15, 0.2) is 36.4 Å². The summed E-state index contributed by atoms with van der Waals surface area (Å²) in [6.45, 7) is 6.83. The fourth-order valence-corrected chi connectivity index (χ4v) is 5.57. The Kier molecular flexibility index (Phi) is 5.80. The van der Waals surface area contributed by atoms with E-state index < -0.39 is 68.7 Å². The molecule has 11 heteroatoms. The number of allylic oxidation sites excluding steroid dienone is 3. The van der Waals surface area contributed by atoms with Gasteiger partial charge in [-0.05, 0) is 42.5 Å². The number of phenols is 1. The number of hydrogen-bond donors (Lipinski definition) is 1. The van der Waals surface area contributed by atoms with Gasteiger partial charge in [0.15, 0.2) is 33.0 Å². The maximum atomic E-state index is 14.6. The van der Waals surface area contributed by atoms with E-state index in [0.717, 1.165) is 0 Å². The average Bonchev–Trinajstić information content (AvgIpc) is 2.97. The predicted molar refractivity (Wildman–Crippen MR) is 119 cm³/mol. The molecule has 2 aliphatic rings. The van der Waals surface area contributed by atoms with Crippen molar-refractivity contribution in [2.45, 2.75) is 35.9 Å². The van der Waals surface area contributed by atoms with Gasteiger partial charge in [-0.15, -0.1) is 23.2 Å². The lowest BCUT2D eigenvalue weighted by Gasteiger charge is -2.42. The summed E-state index contributed by atoms with van der Waals surface area (Å²) >= 11 is 13.5. The first-order valence-electron chi connectivity index (χ1n) is 10.1. The summed E-state index contributed by atoms with van der Waals surface area (Å²) in [4.78, 5) is 22.1. The summed E-state index contributed by atoms with van der Waals surface area (Å²) in [5.41, 5.74) is -0.335. The Balaban J connectivity index is 2.01. The van der Waals surface area contributed by atoms with Gasteiger partial charge in [0.05, 0.1) is 0 Å². The summed E-state index contributed by atoms with van der Waals surface area (Å²) in [7, 11) is 0. The Morgan fingerprint density at radius 3 is 1.94 bits per heavy atom. The van der Waals surface area contributed by atoms with E-state index in [-0.39, 0.29) is 10.6 Å². The van der Waals surface area contributed by atoms with Crippen molar-refractivity contribution in [3.63, 3.8) is 0 Å². The second-order valence-corrected chi connectivity index (χ2v) is 9.67. The van der Waals surface area contributed by atoms with E-state index in [2.05, 4.69) is 6.58 Å². The quantitative estimate of drug-likeness (QED) is 0.178. The molecule has 0 spiro atoms. The van der Waals surface area contributed by atoms with Gasteiger partial charge in [-0.3, -0.25) is 9.59 Å². The number of anilines is 1. The van der Waals surface area contributed by atoms with Crippen molar-refractivity contribution in [1.29, 1.82) is 0 Å². The van der Waals surface area contributed by atoms with Gasteiger partial charge in [0, 0.05) is 5.92 Å². The third kappa shape index (κ3) is 3.10. The first kappa shape index (κ1) is 25.2. The largest absolute Gasteiger partial charge is 0.507 e. The van der Waals surface area contributed by atoms with Crippen molar-refractivity contribution in [2.24, 2.45) is 0 Å². The van der Waals surface area contributed by atoms with Crippen LogP contribution in [0.3, 0.4) is 0 Å². The number of imide groups is 1. The van der Waals surface area contributed by atoms with Gasteiger partial charge in [0.1, 0.15) is 11.4 Å². The van der Waals surface area contributed by atoms with Crippen LogP contribution in [0.5, 0.6) is 5.75 Å². The van der Waals surface area contributed by atoms with Crippen LogP contribution in [0.1, 0.15) is 29.0 Å². The molecular weight excluding hydrogens is 516 g/mol. The number of amides is 2. The molecule has 0 radical (unpaired) electrons. The Morgan fingerprint density at radius 2 is 1.46 bits per heavy atom. The van der Waals surface area contributed by atoms with E-state index in [9.17, 15) is 36.6 Å². The lowest BCUT2D eigenvalue weighted by atomic mass is 9.68. The topological polar surface area (TPSA) is 57.6 Å². The maximum absolute atomic E-state index is 14.6. The summed E-state index contributed by atoms with van der Waals surface area (Å²) in [5, 5.41) is 10.2. The van der Waals surface area contributed by atoms with Crippen molar-refractivity contribution >= 4 is 40.7 Å². The molecule has 1 aliphatic heterocycles. The molecule has 1 saturated heterocycles. The van der Waals surface area contributed by atoms with E-state index in [0.29, 0.717) is 22.3 Å². The Labute approximate surface area is 206 Å². The molecule has 2 aromatic rings. The van der Waals surface area contributed by atoms with E-state index >= 15 is 0 Å². The number of aryl methyl sites for hydroxylation is 2. The molecule has 4 nitrogen and oxygen atoms in total. The molecule has 1 N–H and O–H groups in total. The predicted octanol–water partition coefficient (Wildman–Crippen LogP) is 5.83. The lowest BCUT2D eigenvalue weighted by molar-refractivity contribution is -0.122. The number of alkyl halides is 2. The van der Waals surface area contributed by atoms with E-state index in [1.54, 1.807) is 13.8 Å². The van der Waals surface area contributed by atoms with E-state index in [1.165, 1.54) is 24.3 Å². The molecule has 2 amide bonds. The van der Waals surface area contributed by atoms with Crippen LogP contribution in [0.25, 0.3) is 0 Å². The summed E-state index contributed by atoms with van der Waals surface area (Å²) in [6, 6.07) is 2.96. The monoisotopic (exact) mass is 531 g/mol. The highest BCUT2D eigenvalue weighted by Crippen LogP contribution is 2.60. The van der Waals surface area contributed by atoms with Crippen LogP contribution in [0, 0.1) is 42.9 Å². The first-order valence-corrected chi connectivity index (χ1v) is 10.9. The molecule has 2 aromatic carbocycles. The van der Waals surface area contributed by atoms with Gasteiger partial charge in [-0.2, -0.15) is 0 Å². The van der Waals surface area contributed by atoms with Gasteiger partial charge in [-0.1, -0.05) is 30.9 Å². The molecule has 1 aliphatic carbocycles. The Bertz CT molecular complexity index is 1330. The number of rotatable bonds is 3. The zero-order valence-electron chi connectivity index (χ0n) is 18.2. The standard InChI is InChI=1S/C24H16Cl2F5NO3/c1-4-11-5-6-23(25)21(34)32(19-17(30)15(28)14(27)16(29)18(19)31)22(35)24(23,26)13(11)12-7-9(2)20(33)10(3)8-12/h4-5,7-8,13,33H,1,6H2,2-3H3/t13-,23-,24+/m1/s1. The van der Waals surface area contributed by atoms with Gasteiger partial charge >= 0.3 is 0 Å². The van der Waals surface area contributed by atoms with Crippen molar-refractivity contribution in [3.8, 4) is 5.75 Å². The Morgan fingerprint density at radius 1 is 0.971 bits per heavy atom. The van der Waals surface area contributed by atoms with Crippen LogP contribution >= 0.6 is 23.2 Å². The van der Waals surface area contributed by atoms with Gasteiger partial charge in [-0.25, -0.2) is 26.9 Å². The number of carbonyl (C=O) groups excluding carboxylic acids is 2. The maximum Gasteiger partial charge on any atom is 0.258 e. The number of benzene rings is 2. The van der Waals surface area contributed by atoms with Crippen LogP contribution in [0.2, 0.25) is 0 Å². The molecular formula is C24H16Cl2F5NO3. The van der Waals surface area contributed by atoms with Crippen LogP contribution in [-0.2, 0) is 9.59 Å². The molecule has 0 bridgehead atoms. The van der Waals surface area contributed by atoms with Crippen LogP contribution in [-0.4, -0.2) is 26.7 Å². The highest BCUT2D eigenvalue weighted by molar-refractivity contribution is 6.58. The molecule has 4 rings (SSSR count). The number of phenolic OH excluding ortho intramolecular Hbond substituents is 1. The van der Waals surface area contributed by atoms with Gasteiger partial charge in [0.2, 0.25) is 5.82 Å². The second kappa shape index (κ2) is 8.06. The molecule has 1 fully saturated rings. The molecule has 0 unspecified atom stereocenters. The van der Waals surface area contributed by atoms with Crippen molar-refractivity contribution in [1.82, 2.24) is 0 Å². The lowest BCUT2D eigenvalue weighted by Crippen LogP contribution is -2.54. The zero-order chi connectivity index (χ0) is 26.2. The third-order valence-electron chi connectivity index (χ3n) is 6.48. The van der Waals surface area contributed by atoms with Crippen molar-refractivity contribution < 1.29 is 36.6 Å². The minimum absolute atomic E-state index is 0.0358. The average molecular weight is 532 g/mol. The molecule has 0 aromatic heterocycles.